The van der Waals surface area contributed by atoms with Gasteiger partial charge in [0.25, 0.3) is 0 Å². The first-order valence-corrected chi connectivity index (χ1v) is 6.57. The van der Waals surface area contributed by atoms with Crippen LogP contribution in [0.5, 0.6) is 0 Å². The van der Waals surface area contributed by atoms with Crippen LogP contribution in [0.2, 0.25) is 0 Å². The highest BCUT2D eigenvalue weighted by atomic mass is 16.2. The monoisotopic (exact) mass is 274 g/mol. The molecule has 0 spiro atoms. The number of amides is 2. The Morgan fingerprint density at radius 3 is 2.75 bits per heavy atom. The molecule has 2 amide bonds. The highest BCUT2D eigenvalue weighted by Gasteiger charge is 2.21. The van der Waals surface area contributed by atoms with E-state index >= 15 is 0 Å². The van der Waals surface area contributed by atoms with E-state index in [4.69, 9.17) is 5.73 Å². The Balaban J connectivity index is 2.08. The number of rotatable bonds is 4. The topological polar surface area (TPSA) is 96.6 Å². The predicted octanol–water partition coefficient (Wildman–Crippen LogP) is 0.834. The fourth-order valence-electron chi connectivity index (χ4n) is 2.08. The molecule has 2 rings (SSSR count). The summed E-state index contributed by atoms with van der Waals surface area (Å²) in [6, 6.07) is 7.39. The van der Waals surface area contributed by atoms with Crippen molar-refractivity contribution in [2.45, 2.75) is 19.8 Å². The zero-order valence-corrected chi connectivity index (χ0v) is 11.3. The summed E-state index contributed by atoms with van der Waals surface area (Å²) in [4.78, 5) is 22.6. The number of nitrogens with zero attached hydrogens (tertiary/aromatic N) is 1. The molecular weight excluding hydrogens is 256 g/mol. The van der Waals surface area contributed by atoms with Gasteiger partial charge in [-0.1, -0.05) is 19.1 Å². The molecule has 4 N–H and O–H groups in total. The molecule has 106 valence electrons. The van der Waals surface area contributed by atoms with Crippen LogP contribution in [0, 0.1) is 5.92 Å². The quantitative estimate of drug-likeness (QED) is 0.758. The van der Waals surface area contributed by atoms with Gasteiger partial charge in [0.05, 0.1) is 5.71 Å². The van der Waals surface area contributed by atoms with E-state index in [0.29, 0.717) is 19.4 Å². The van der Waals surface area contributed by atoms with E-state index in [1.54, 1.807) is 0 Å². The summed E-state index contributed by atoms with van der Waals surface area (Å²) >= 11 is 0. The van der Waals surface area contributed by atoms with Gasteiger partial charge in [0.2, 0.25) is 11.8 Å². The molecule has 0 aliphatic carbocycles. The highest BCUT2D eigenvalue weighted by molar-refractivity contribution is 6.06. The number of hydrogen-bond acceptors (Lipinski definition) is 4. The molecule has 1 aromatic carbocycles. The number of nitrogens with one attached hydrogen (secondary N) is 2. The van der Waals surface area contributed by atoms with E-state index in [2.05, 4.69) is 15.8 Å². The van der Waals surface area contributed by atoms with Gasteiger partial charge < -0.3 is 11.1 Å². The van der Waals surface area contributed by atoms with Crippen molar-refractivity contribution >= 4 is 23.2 Å². The SMILES string of the molecule is CC1CC(=O)NN=C1c1ccc(NC(=O)CCN)cc1. The molecule has 0 bridgehead atoms. The molecule has 1 unspecified atom stereocenters. The van der Waals surface area contributed by atoms with Gasteiger partial charge in [0.15, 0.2) is 0 Å². The number of carbonyl (C=O) groups is 2. The minimum absolute atomic E-state index is 0.0630. The Bertz CT molecular complexity index is 537. The molecule has 0 saturated heterocycles. The van der Waals surface area contributed by atoms with Gasteiger partial charge in [0, 0.05) is 31.0 Å². The lowest BCUT2D eigenvalue weighted by atomic mass is 9.94. The largest absolute Gasteiger partial charge is 0.330 e. The summed E-state index contributed by atoms with van der Waals surface area (Å²) < 4.78 is 0. The third-order valence-corrected chi connectivity index (χ3v) is 3.10. The molecule has 0 aromatic heterocycles. The predicted molar refractivity (Wildman–Crippen MR) is 77.2 cm³/mol. The molecule has 1 aromatic rings. The summed E-state index contributed by atoms with van der Waals surface area (Å²) in [5, 5.41) is 6.86. The smallest absolute Gasteiger partial charge is 0.240 e. The average Bonchev–Trinajstić information content (AvgIpc) is 2.40. The molecule has 6 heteroatoms. The second-order valence-corrected chi connectivity index (χ2v) is 4.80. The van der Waals surface area contributed by atoms with Crippen molar-refractivity contribution in [3.8, 4) is 0 Å². The van der Waals surface area contributed by atoms with E-state index in [0.717, 1.165) is 17.0 Å². The lowest BCUT2D eigenvalue weighted by molar-refractivity contribution is -0.122. The molecule has 1 heterocycles. The third kappa shape index (κ3) is 3.42. The van der Waals surface area contributed by atoms with Crippen LogP contribution >= 0.6 is 0 Å². The molecule has 6 nitrogen and oxygen atoms in total. The molecule has 0 fully saturated rings. The zero-order chi connectivity index (χ0) is 14.5. The van der Waals surface area contributed by atoms with Gasteiger partial charge in [-0.15, -0.1) is 0 Å². The molecule has 1 atom stereocenters. The van der Waals surface area contributed by atoms with Crippen LogP contribution in [0.1, 0.15) is 25.3 Å². The Morgan fingerprint density at radius 2 is 2.15 bits per heavy atom. The van der Waals surface area contributed by atoms with Crippen LogP contribution in [0.25, 0.3) is 0 Å². The van der Waals surface area contributed by atoms with Crippen molar-refractivity contribution in [2.24, 2.45) is 16.8 Å². The van der Waals surface area contributed by atoms with Crippen molar-refractivity contribution < 1.29 is 9.59 Å². The van der Waals surface area contributed by atoms with Crippen molar-refractivity contribution in [2.75, 3.05) is 11.9 Å². The summed E-state index contributed by atoms with van der Waals surface area (Å²) in [6.45, 7) is 2.30. The van der Waals surface area contributed by atoms with Gasteiger partial charge in [-0.25, -0.2) is 5.43 Å². The number of hydrogen-bond donors (Lipinski definition) is 3. The first kappa shape index (κ1) is 14.2. The molecule has 1 aliphatic rings. The Morgan fingerprint density at radius 1 is 1.45 bits per heavy atom. The first-order chi connectivity index (χ1) is 9.60. The molecular formula is C14H18N4O2. The van der Waals surface area contributed by atoms with Crippen molar-refractivity contribution in [3.63, 3.8) is 0 Å². The molecule has 1 aliphatic heterocycles. The summed E-state index contributed by atoms with van der Waals surface area (Å²) in [5.74, 6) is -0.0794. The maximum atomic E-state index is 11.4. The van der Waals surface area contributed by atoms with Crippen molar-refractivity contribution in [1.29, 1.82) is 0 Å². The second kappa shape index (κ2) is 6.29. The number of carbonyl (C=O) groups excluding carboxylic acids is 2. The van der Waals surface area contributed by atoms with Gasteiger partial charge in [-0.05, 0) is 17.7 Å². The van der Waals surface area contributed by atoms with Crippen LogP contribution < -0.4 is 16.5 Å². The maximum Gasteiger partial charge on any atom is 0.240 e. The standard InChI is InChI=1S/C14H18N4O2/c1-9-8-13(20)17-18-14(9)10-2-4-11(5-3-10)16-12(19)6-7-15/h2-5,9H,6-8,15H2,1H3,(H,16,19)(H,17,20). The zero-order valence-electron chi connectivity index (χ0n) is 11.3. The molecule has 0 saturated carbocycles. The highest BCUT2D eigenvalue weighted by Crippen LogP contribution is 2.18. The van der Waals surface area contributed by atoms with E-state index < -0.39 is 0 Å². The second-order valence-electron chi connectivity index (χ2n) is 4.80. The summed E-state index contributed by atoms with van der Waals surface area (Å²) in [6.07, 6.45) is 0.741. The van der Waals surface area contributed by atoms with Crippen molar-refractivity contribution in [1.82, 2.24) is 5.43 Å². The van der Waals surface area contributed by atoms with Crippen LogP contribution in [0.15, 0.2) is 29.4 Å². The van der Waals surface area contributed by atoms with Gasteiger partial charge in [-0.2, -0.15) is 5.10 Å². The lowest BCUT2D eigenvalue weighted by Gasteiger charge is -2.19. The Labute approximate surface area is 117 Å². The Hall–Kier alpha value is -2.21. The van der Waals surface area contributed by atoms with E-state index in [9.17, 15) is 9.59 Å². The number of benzene rings is 1. The average molecular weight is 274 g/mol. The van der Waals surface area contributed by atoms with E-state index in [-0.39, 0.29) is 17.7 Å². The molecule has 20 heavy (non-hydrogen) atoms. The summed E-state index contributed by atoms with van der Waals surface area (Å²) in [5.41, 5.74) is 10.3. The van der Waals surface area contributed by atoms with Gasteiger partial charge in [-0.3, -0.25) is 9.59 Å². The lowest BCUT2D eigenvalue weighted by Crippen LogP contribution is -2.31. The van der Waals surface area contributed by atoms with Gasteiger partial charge >= 0.3 is 0 Å². The maximum absolute atomic E-state index is 11.4. The number of nitrogens with two attached hydrogens (primary N) is 1. The van der Waals surface area contributed by atoms with Crippen LogP contribution in [0.3, 0.4) is 0 Å². The minimum Gasteiger partial charge on any atom is -0.330 e. The fourth-order valence-corrected chi connectivity index (χ4v) is 2.08. The van der Waals surface area contributed by atoms with Crippen LogP contribution in [-0.2, 0) is 9.59 Å². The minimum atomic E-state index is -0.101. The summed E-state index contributed by atoms with van der Waals surface area (Å²) in [7, 11) is 0. The Kier molecular flexibility index (Phi) is 4.47. The number of hydrazone groups is 1. The number of anilines is 1. The van der Waals surface area contributed by atoms with E-state index in [1.165, 1.54) is 0 Å². The van der Waals surface area contributed by atoms with Crippen LogP contribution in [-0.4, -0.2) is 24.1 Å². The van der Waals surface area contributed by atoms with E-state index in [1.807, 2.05) is 31.2 Å². The van der Waals surface area contributed by atoms with Crippen LogP contribution in [0.4, 0.5) is 5.69 Å². The normalized spacial score (nSPS) is 18.2. The third-order valence-electron chi connectivity index (χ3n) is 3.10. The fraction of sp³-hybridized carbons (Fsp3) is 0.357. The van der Waals surface area contributed by atoms with Gasteiger partial charge in [0.1, 0.15) is 0 Å². The first-order valence-electron chi connectivity index (χ1n) is 6.57. The van der Waals surface area contributed by atoms with Crippen molar-refractivity contribution in [3.05, 3.63) is 29.8 Å². The molecule has 0 radical (unpaired) electrons.